The molecule has 5 nitrogen and oxygen atoms in total. The van der Waals surface area contributed by atoms with E-state index in [-0.39, 0.29) is 5.11 Å². The first kappa shape index (κ1) is 12.3. The molecule has 6 heteroatoms. The van der Waals surface area contributed by atoms with Gasteiger partial charge >= 0.3 is 6.09 Å². The van der Waals surface area contributed by atoms with E-state index < -0.39 is 6.09 Å². The van der Waals surface area contributed by atoms with Crippen LogP contribution >= 0.6 is 12.2 Å². The van der Waals surface area contributed by atoms with Gasteiger partial charge in [-0.2, -0.15) is 0 Å². The fraction of sp³-hybridized carbons (Fsp3) is 0.200. The van der Waals surface area contributed by atoms with Crippen LogP contribution in [0.15, 0.2) is 30.3 Å². The van der Waals surface area contributed by atoms with Crippen LogP contribution in [0.25, 0.3) is 0 Å². The maximum absolute atomic E-state index is 11.0. The number of hydrazine groups is 1. The normalized spacial score (nSPS) is 9.06. The molecule has 1 aromatic rings. The molecule has 0 atom stereocenters. The van der Waals surface area contributed by atoms with Crippen LogP contribution in [-0.4, -0.2) is 17.8 Å². The summed E-state index contributed by atoms with van der Waals surface area (Å²) in [6.45, 7) is 2.03. The van der Waals surface area contributed by atoms with Crippen molar-refractivity contribution in [1.82, 2.24) is 10.7 Å². The van der Waals surface area contributed by atoms with Gasteiger partial charge in [0.1, 0.15) is 0 Å². The number of alkyl carbamates (subject to hydrolysis) is 1. The van der Waals surface area contributed by atoms with Gasteiger partial charge in [-0.05, 0) is 31.3 Å². The molecule has 0 aliphatic heterocycles. The summed E-state index contributed by atoms with van der Waals surface area (Å²) in [6, 6.07) is 9.39. The second-order valence-electron chi connectivity index (χ2n) is 2.79. The molecule has 3 N–H and O–H groups in total. The Hall–Kier alpha value is -1.82. The van der Waals surface area contributed by atoms with E-state index in [2.05, 4.69) is 20.9 Å². The van der Waals surface area contributed by atoms with Crippen molar-refractivity contribution in [3.63, 3.8) is 0 Å². The number of hydrogen-bond donors (Lipinski definition) is 3. The second kappa shape index (κ2) is 6.62. The minimum Gasteiger partial charge on any atom is -0.450 e. The summed E-state index contributed by atoms with van der Waals surface area (Å²) in [6.07, 6.45) is -0.574. The number of amides is 1. The third-order valence-electron chi connectivity index (χ3n) is 1.59. The van der Waals surface area contributed by atoms with Crippen LogP contribution in [0.4, 0.5) is 10.5 Å². The lowest BCUT2D eigenvalue weighted by atomic mass is 10.3. The van der Waals surface area contributed by atoms with Crippen molar-refractivity contribution in [1.29, 1.82) is 0 Å². The van der Waals surface area contributed by atoms with E-state index >= 15 is 0 Å². The number of benzene rings is 1. The van der Waals surface area contributed by atoms with Crippen molar-refractivity contribution in [3.05, 3.63) is 30.3 Å². The minimum atomic E-state index is -0.574. The molecule has 0 bridgehead atoms. The highest BCUT2D eigenvalue weighted by Gasteiger charge is 2.02. The molecule has 1 rings (SSSR count). The van der Waals surface area contributed by atoms with Crippen LogP contribution in [0, 0.1) is 0 Å². The molecule has 0 aliphatic rings. The number of hydrogen-bond acceptors (Lipinski definition) is 4. The fourth-order valence-corrected chi connectivity index (χ4v) is 1.08. The second-order valence-corrected chi connectivity index (χ2v) is 3.20. The van der Waals surface area contributed by atoms with Gasteiger partial charge < -0.3 is 4.74 Å². The van der Waals surface area contributed by atoms with Crippen LogP contribution in [0.5, 0.6) is 0 Å². The SMILES string of the molecule is CCOC(=O)NC(=S)NNc1ccccc1. The van der Waals surface area contributed by atoms with Gasteiger partial charge in [0, 0.05) is 0 Å². The van der Waals surface area contributed by atoms with Gasteiger partial charge in [0.15, 0.2) is 5.11 Å². The standard InChI is InChI=1S/C10H13N3O2S/c1-2-15-10(14)11-9(16)13-12-8-6-4-3-5-7-8/h3-7,12H,2H2,1H3,(H2,11,13,14,16). The summed E-state index contributed by atoms with van der Waals surface area (Å²) in [5.41, 5.74) is 6.33. The first-order valence-electron chi connectivity index (χ1n) is 4.77. The van der Waals surface area contributed by atoms with Crippen molar-refractivity contribution in [2.24, 2.45) is 0 Å². The average Bonchev–Trinajstić information content (AvgIpc) is 2.28. The summed E-state index contributed by atoms with van der Waals surface area (Å²) in [5.74, 6) is 0. The Kier molecular flexibility index (Phi) is 5.07. The monoisotopic (exact) mass is 239 g/mol. The van der Waals surface area contributed by atoms with Gasteiger partial charge in [-0.15, -0.1) is 0 Å². The summed E-state index contributed by atoms with van der Waals surface area (Å²) in [7, 11) is 0. The molecule has 16 heavy (non-hydrogen) atoms. The van der Waals surface area contributed by atoms with Crippen molar-refractivity contribution < 1.29 is 9.53 Å². The van der Waals surface area contributed by atoms with E-state index in [1.165, 1.54) is 0 Å². The maximum Gasteiger partial charge on any atom is 0.413 e. The topological polar surface area (TPSA) is 62.4 Å². The Balaban J connectivity index is 2.28. The van der Waals surface area contributed by atoms with Crippen LogP contribution in [0.1, 0.15) is 6.92 Å². The summed E-state index contributed by atoms with van der Waals surface area (Å²) in [4.78, 5) is 11.0. The molecule has 1 amide bonds. The van der Waals surface area contributed by atoms with Crippen molar-refractivity contribution >= 4 is 29.1 Å². The summed E-state index contributed by atoms with van der Waals surface area (Å²) < 4.78 is 4.66. The number of thiocarbonyl (C=S) groups is 1. The van der Waals surface area contributed by atoms with Crippen molar-refractivity contribution in [3.8, 4) is 0 Å². The van der Waals surface area contributed by atoms with E-state index in [0.717, 1.165) is 5.69 Å². The maximum atomic E-state index is 11.0. The number of nitrogens with one attached hydrogen (secondary N) is 3. The molecule has 0 saturated carbocycles. The van der Waals surface area contributed by atoms with Crippen molar-refractivity contribution in [2.45, 2.75) is 6.92 Å². The highest BCUT2D eigenvalue weighted by atomic mass is 32.1. The van der Waals surface area contributed by atoms with Gasteiger partial charge in [-0.25, -0.2) is 4.79 Å². The van der Waals surface area contributed by atoms with Crippen LogP contribution in [-0.2, 0) is 4.74 Å². The Bertz CT molecular complexity index is 356. The fourth-order valence-electron chi connectivity index (χ4n) is 0.942. The molecule has 0 fully saturated rings. The van der Waals surface area contributed by atoms with E-state index in [4.69, 9.17) is 12.2 Å². The van der Waals surface area contributed by atoms with E-state index in [1.807, 2.05) is 30.3 Å². The first-order chi connectivity index (χ1) is 7.72. The number of ether oxygens (including phenoxy) is 1. The molecule has 86 valence electrons. The largest absolute Gasteiger partial charge is 0.450 e. The molecule has 1 aromatic carbocycles. The van der Waals surface area contributed by atoms with Gasteiger partial charge in [-0.1, -0.05) is 18.2 Å². The Morgan fingerprint density at radius 3 is 2.69 bits per heavy atom. The summed E-state index contributed by atoms with van der Waals surface area (Å²) in [5, 5.41) is 2.50. The first-order valence-corrected chi connectivity index (χ1v) is 5.18. The molecule has 0 unspecified atom stereocenters. The van der Waals surface area contributed by atoms with E-state index in [9.17, 15) is 4.79 Å². The van der Waals surface area contributed by atoms with Gasteiger partial charge in [-0.3, -0.25) is 16.2 Å². The Morgan fingerprint density at radius 1 is 1.38 bits per heavy atom. The quantitative estimate of drug-likeness (QED) is 0.553. The number of carbonyl (C=O) groups excluding carboxylic acids is 1. The lowest BCUT2D eigenvalue weighted by molar-refractivity contribution is 0.158. The smallest absolute Gasteiger partial charge is 0.413 e. The predicted octanol–water partition coefficient (Wildman–Crippen LogP) is 1.63. The number of para-hydroxylation sites is 1. The molecular weight excluding hydrogens is 226 g/mol. The Labute approximate surface area is 99.1 Å². The molecule has 0 aromatic heterocycles. The van der Waals surface area contributed by atoms with Crippen LogP contribution < -0.4 is 16.2 Å². The van der Waals surface area contributed by atoms with Crippen LogP contribution in [0.2, 0.25) is 0 Å². The highest BCUT2D eigenvalue weighted by Crippen LogP contribution is 2.02. The average molecular weight is 239 g/mol. The van der Waals surface area contributed by atoms with E-state index in [0.29, 0.717) is 6.61 Å². The highest BCUT2D eigenvalue weighted by molar-refractivity contribution is 7.80. The third-order valence-corrected chi connectivity index (χ3v) is 1.79. The lowest BCUT2D eigenvalue weighted by Crippen LogP contribution is -2.42. The number of rotatable bonds is 3. The zero-order valence-corrected chi connectivity index (χ0v) is 9.64. The van der Waals surface area contributed by atoms with Crippen LogP contribution in [0.3, 0.4) is 0 Å². The number of carbonyl (C=O) groups is 1. The third kappa shape index (κ3) is 4.61. The number of anilines is 1. The summed E-state index contributed by atoms with van der Waals surface area (Å²) >= 11 is 4.86. The van der Waals surface area contributed by atoms with Crippen molar-refractivity contribution in [2.75, 3.05) is 12.0 Å². The molecule has 0 heterocycles. The lowest BCUT2D eigenvalue weighted by Gasteiger charge is -2.11. The molecule has 0 radical (unpaired) electrons. The molecule has 0 saturated heterocycles. The predicted molar refractivity (Wildman–Crippen MR) is 66.0 cm³/mol. The van der Waals surface area contributed by atoms with E-state index in [1.54, 1.807) is 6.92 Å². The van der Waals surface area contributed by atoms with Gasteiger partial charge in [0.25, 0.3) is 0 Å². The zero-order chi connectivity index (χ0) is 11.8. The van der Waals surface area contributed by atoms with Gasteiger partial charge in [0.05, 0.1) is 12.3 Å². The molecular formula is C10H13N3O2S. The molecule has 0 aliphatic carbocycles. The minimum absolute atomic E-state index is 0.155. The van der Waals surface area contributed by atoms with Gasteiger partial charge in [0.2, 0.25) is 0 Å². The molecule has 0 spiro atoms. The Morgan fingerprint density at radius 2 is 2.06 bits per heavy atom. The zero-order valence-electron chi connectivity index (χ0n) is 8.82.